The van der Waals surface area contributed by atoms with E-state index in [1.165, 1.54) is 12.1 Å². The van der Waals surface area contributed by atoms with Crippen molar-refractivity contribution >= 4 is 28.3 Å². The Morgan fingerprint density at radius 2 is 1.88 bits per heavy atom. The number of carbonyl (C=O) groups excluding carboxylic acids is 1. The maximum Gasteiger partial charge on any atom is 0.276 e. The molecule has 0 aliphatic carbocycles. The van der Waals surface area contributed by atoms with Gasteiger partial charge in [-0.1, -0.05) is 19.9 Å². The summed E-state index contributed by atoms with van der Waals surface area (Å²) in [4.78, 5) is 32.9. The third kappa shape index (κ3) is 5.07. The van der Waals surface area contributed by atoms with E-state index in [9.17, 15) is 23.5 Å². The van der Waals surface area contributed by atoms with Crippen molar-refractivity contribution < 1.29 is 18.7 Å². The van der Waals surface area contributed by atoms with E-state index in [-0.39, 0.29) is 24.3 Å². The summed E-state index contributed by atoms with van der Waals surface area (Å²) in [5.41, 5.74) is 1.25. The van der Waals surface area contributed by atoms with Gasteiger partial charge in [0.15, 0.2) is 11.6 Å². The van der Waals surface area contributed by atoms with E-state index in [1.807, 2.05) is 17.7 Å². The van der Waals surface area contributed by atoms with Crippen molar-refractivity contribution in [3.63, 3.8) is 0 Å². The SMILES string of the molecule is CC(C)c1nc2c(N3CCC(NCCO)C3)c(NC(=O)c3ccc(=O)n(-c4c(F)cccc4F)n3)ccc2n1C. The summed E-state index contributed by atoms with van der Waals surface area (Å²) in [6.07, 6.45) is 0.842. The predicted octanol–water partition coefficient (Wildman–Crippen LogP) is 2.93. The Hall–Kier alpha value is -4.16. The number of benzene rings is 2. The first kappa shape index (κ1) is 27.4. The van der Waals surface area contributed by atoms with Crippen LogP contribution in [0.3, 0.4) is 0 Å². The number of nitrogens with one attached hydrogen (secondary N) is 2. The summed E-state index contributed by atoms with van der Waals surface area (Å²) in [7, 11) is 1.96. The number of imidazole rings is 1. The molecule has 1 amide bonds. The first-order valence-corrected chi connectivity index (χ1v) is 13.1. The molecule has 12 heteroatoms. The van der Waals surface area contributed by atoms with Crippen molar-refractivity contribution in [3.8, 4) is 5.69 Å². The maximum absolute atomic E-state index is 14.4. The maximum atomic E-state index is 14.4. The minimum absolute atomic E-state index is 0.0390. The molecule has 0 spiro atoms. The van der Waals surface area contributed by atoms with E-state index in [0.29, 0.717) is 30.0 Å². The van der Waals surface area contributed by atoms with Crippen LogP contribution in [0.1, 0.15) is 42.5 Å². The minimum atomic E-state index is -0.977. The molecule has 2 aromatic carbocycles. The molecule has 1 fully saturated rings. The fraction of sp³-hybridized carbons (Fsp3) is 0.357. The molecule has 1 atom stereocenters. The van der Waals surface area contributed by atoms with E-state index in [4.69, 9.17) is 4.98 Å². The summed E-state index contributed by atoms with van der Waals surface area (Å²) in [6.45, 7) is 5.99. The first-order valence-electron chi connectivity index (χ1n) is 13.1. The van der Waals surface area contributed by atoms with Crippen LogP contribution in [0.5, 0.6) is 0 Å². The molecule has 1 aliphatic rings. The Kier molecular flexibility index (Phi) is 7.63. The van der Waals surface area contributed by atoms with Crippen LogP contribution in [-0.2, 0) is 7.05 Å². The van der Waals surface area contributed by atoms with Crippen LogP contribution in [0.15, 0.2) is 47.3 Å². The largest absolute Gasteiger partial charge is 0.395 e. The number of hydrogen-bond acceptors (Lipinski definition) is 7. The van der Waals surface area contributed by atoms with Gasteiger partial charge in [-0.15, -0.1) is 0 Å². The van der Waals surface area contributed by atoms with Gasteiger partial charge in [0.2, 0.25) is 0 Å². The molecular weight excluding hydrogens is 520 g/mol. The Balaban J connectivity index is 1.54. The van der Waals surface area contributed by atoms with Crippen LogP contribution in [0.4, 0.5) is 20.2 Å². The second-order valence-corrected chi connectivity index (χ2v) is 10.1. The minimum Gasteiger partial charge on any atom is -0.395 e. The van der Waals surface area contributed by atoms with Crippen LogP contribution >= 0.6 is 0 Å². The number of nitrogens with zero attached hydrogens (tertiary/aromatic N) is 5. The first-order chi connectivity index (χ1) is 19.2. The third-order valence-corrected chi connectivity index (χ3v) is 7.06. The van der Waals surface area contributed by atoms with Crippen molar-refractivity contribution in [2.45, 2.75) is 32.2 Å². The highest BCUT2D eigenvalue weighted by atomic mass is 19.1. The molecule has 5 rings (SSSR count). The molecule has 210 valence electrons. The summed E-state index contributed by atoms with van der Waals surface area (Å²) in [5, 5.41) is 19.4. The quantitative estimate of drug-likeness (QED) is 0.308. The monoisotopic (exact) mass is 551 g/mol. The molecular formula is C28H31F2N7O3. The van der Waals surface area contributed by atoms with Gasteiger partial charge in [0.25, 0.3) is 11.5 Å². The number of anilines is 2. The Bertz CT molecular complexity index is 1610. The third-order valence-electron chi connectivity index (χ3n) is 7.06. The topological polar surface area (TPSA) is 117 Å². The molecule has 0 saturated carbocycles. The smallest absolute Gasteiger partial charge is 0.276 e. The van der Waals surface area contributed by atoms with E-state index in [2.05, 4.69) is 34.5 Å². The molecule has 0 radical (unpaired) electrons. The van der Waals surface area contributed by atoms with Gasteiger partial charge in [-0.05, 0) is 36.8 Å². The summed E-state index contributed by atoms with van der Waals surface area (Å²) >= 11 is 0. The highest BCUT2D eigenvalue weighted by molar-refractivity contribution is 6.08. The van der Waals surface area contributed by atoms with E-state index in [1.54, 1.807) is 6.07 Å². The Labute approximate surface area is 229 Å². The fourth-order valence-electron chi connectivity index (χ4n) is 5.17. The molecule has 3 N–H and O–H groups in total. The number of aliphatic hydroxyl groups excluding tert-OH is 1. The van der Waals surface area contributed by atoms with Crippen molar-refractivity contribution in [2.75, 3.05) is 36.5 Å². The lowest BCUT2D eigenvalue weighted by molar-refractivity contribution is 0.102. The molecule has 1 unspecified atom stereocenters. The second-order valence-electron chi connectivity index (χ2n) is 10.1. The van der Waals surface area contributed by atoms with Gasteiger partial charge in [-0.2, -0.15) is 9.78 Å². The number of hydrogen-bond donors (Lipinski definition) is 3. The average Bonchev–Trinajstić information content (AvgIpc) is 3.52. The highest BCUT2D eigenvalue weighted by Crippen LogP contribution is 2.37. The Morgan fingerprint density at radius 1 is 1.12 bits per heavy atom. The number of para-hydroxylation sites is 1. The van der Waals surface area contributed by atoms with Crippen molar-refractivity contribution in [3.05, 3.63) is 76.0 Å². The molecule has 0 bridgehead atoms. The molecule has 10 nitrogen and oxygen atoms in total. The molecule has 3 heterocycles. The zero-order valence-corrected chi connectivity index (χ0v) is 22.5. The predicted molar refractivity (Wildman–Crippen MR) is 148 cm³/mol. The average molecular weight is 552 g/mol. The molecule has 40 heavy (non-hydrogen) atoms. The van der Waals surface area contributed by atoms with Gasteiger partial charge in [0.05, 0.1) is 23.5 Å². The number of fused-ring (bicyclic) bond motifs is 1. The summed E-state index contributed by atoms with van der Waals surface area (Å²) in [5.74, 6) is -1.54. The number of carbonyl (C=O) groups is 1. The standard InChI is InChI=1S/C28H31F2N7O3/c1-16(2)27-33-24-22(35(27)3)9-7-20(26(24)36-13-11-17(15-36)31-12-14-38)32-28(40)21-8-10-23(39)37(34-21)25-18(29)5-4-6-19(25)30/h4-10,16-17,31,38H,11-15H2,1-3H3,(H,32,40). The highest BCUT2D eigenvalue weighted by Gasteiger charge is 2.28. The number of amides is 1. The number of rotatable bonds is 8. The van der Waals surface area contributed by atoms with Gasteiger partial charge in [0.1, 0.15) is 22.7 Å². The molecule has 2 aromatic heterocycles. The summed E-state index contributed by atoms with van der Waals surface area (Å²) in [6, 6.07) is 9.29. The van der Waals surface area contributed by atoms with Gasteiger partial charge in [-0.25, -0.2) is 13.8 Å². The van der Waals surface area contributed by atoms with Crippen molar-refractivity contribution in [2.24, 2.45) is 7.05 Å². The van der Waals surface area contributed by atoms with Crippen LogP contribution in [0.25, 0.3) is 16.7 Å². The van der Waals surface area contributed by atoms with Crippen LogP contribution < -0.4 is 21.1 Å². The van der Waals surface area contributed by atoms with Gasteiger partial charge >= 0.3 is 0 Å². The van der Waals surface area contributed by atoms with E-state index < -0.39 is 28.8 Å². The van der Waals surface area contributed by atoms with Crippen LogP contribution in [-0.4, -0.2) is 62.6 Å². The van der Waals surface area contributed by atoms with E-state index >= 15 is 0 Å². The lowest BCUT2D eigenvalue weighted by atomic mass is 10.2. The molecule has 1 saturated heterocycles. The van der Waals surface area contributed by atoms with Crippen molar-refractivity contribution in [1.29, 1.82) is 0 Å². The van der Waals surface area contributed by atoms with Gasteiger partial charge in [0, 0.05) is 44.7 Å². The van der Waals surface area contributed by atoms with Crippen LogP contribution in [0, 0.1) is 11.6 Å². The number of aryl methyl sites for hydroxylation is 1. The van der Waals surface area contributed by atoms with E-state index in [0.717, 1.165) is 47.2 Å². The number of aromatic nitrogens is 4. The van der Waals surface area contributed by atoms with Crippen LogP contribution in [0.2, 0.25) is 0 Å². The fourth-order valence-corrected chi connectivity index (χ4v) is 5.17. The molecule has 4 aromatic rings. The second kappa shape index (κ2) is 11.1. The summed E-state index contributed by atoms with van der Waals surface area (Å²) < 4.78 is 31.4. The van der Waals surface area contributed by atoms with Gasteiger partial charge in [-0.3, -0.25) is 9.59 Å². The lowest BCUT2D eigenvalue weighted by Crippen LogP contribution is -2.34. The zero-order chi connectivity index (χ0) is 28.6. The molecule has 1 aliphatic heterocycles. The Morgan fingerprint density at radius 3 is 2.58 bits per heavy atom. The van der Waals surface area contributed by atoms with Gasteiger partial charge < -0.3 is 25.2 Å². The number of halogens is 2. The van der Waals surface area contributed by atoms with Crippen molar-refractivity contribution in [1.82, 2.24) is 24.6 Å². The lowest BCUT2D eigenvalue weighted by Gasteiger charge is -2.23. The normalized spacial score (nSPS) is 15.4. The number of aliphatic hydroxyl groups is 1. The zero-order valence-electron chi connectivity index (χ0n) is 22.5.